The van der Waals surface area contributed by atoms with Gasteiger partial charge in [-0.05, 0) is 42.5 Å². The van der Waals surface area contributed by atoms with E-state index in [0.29, 0.717) is 15.7 Å². The molecule has 9 heteroatoms. The van der Waals surface area contributed by atoms with Crippen molar-refractivity contribution in [2.24, 2.45) is 4.99 Å². The van der Waals surface area contributed by atoms with Crippen molar-refractivity contribution in [1.82, 2.24) is 10.3 Å². The Kier molecular flexibility index (Phi) is 6.08. The van der Waals surface area contributed by atoms with Crippen LogP contribution in [0.4, 0.5) is 15.9 Å². The van der Waals surface area contributed by atoms with Gasteiger partial charge in [0, 0.05) is 27.4 Å². The standard InChI is InChI=1S/C19H13Cl2FN4O2/c20-12-8-13(21)10-15(9-12)23-19(25-16-5-2-6-17(27)24-16)26-18(28)11-3-1-4-14(22)7-11/h1-10H,(H3,23,24,25,26,27,28). The fourth-order valence-corrected chi connectivity index (χ4v) is 2.81. The summed E-state index contributed by atoms with van der Waals surface area (Å²) in [6.07, 6.45) is 0. The van der Waals surface area contributed by atoms with Crippen LogP contribution < -0.4 is 16.2 Å². The molecule has 0 aliphatic rings. The predicted octanol–water partition coefficient (Wildman–Crippen LogP) is 4.35. The average molecular weight is 419 g/mol. The molecule has 0 saturated heterocycles. The number of amides is 1. The molecule has 28 heavy (non-hydrogen) atoms. The van der Waals surface area contributed by atoms with Crippen molar-refractivity contribution >= 4 is 46.6 Å². The third kappa shape index (κ3) is 5.42. The van der Waals surface area contributed by atoms with E-state index in [1.54, 1.807) is 24.3 Å². The number of hydrogen-bond acceptors (Lipinski definition) is 3. The monoisotopic (exact) mass is 418 g/mol. The molecule has 1 amide bonds. The first-order valence-corrected chi connectivity index (χ1v) is 8.73. The minimum absolute atomic E-state index is 0.0190. The zero-order valence-corrected chi connectivity index (χ0v) is 15.7. The van der Waals surface area contributed by atoms with Crippen LogP contribution >= 0.6 is 23.2 Å². The second-order valence-corrected chi connectivity index (χ2v) is 6.48. The molecular weight excluding hydrogens is 406 g/mol. The number of carbonyl (C=O) groups is 1. The fraction of sp³-hybridized carbons (Fsp3) is 0. The van der Waals surface area contributed by atoms with E-state index in [-0.39, 0.29) is 22.9 Å². The number of aromatic amines is 1. The number of nitrogens with zero attached hydrogens (tertiary/aromatic N) is 1. The van der Waals surface area contributed by atoms with E-state index in [4.69, 9.17) is 23.2 Å². The Morgan fingerprint density at radius 3 is 2.39 bits per heavy atom. The lowest BCUT2D eigenvalue weighted by Gasteiger charge is -2.12. The Labute approximate surface area is 169 Å². The third-order valence-electron chi connectivity index (χ3n) is 3.43. The van der Waals surface area contributed by atoms with Crippen LogP contribution in [0.3, 0.4) is 0 Å². The van der Waals surface area contributed by atoms with Gasteiger partial charge >= 0.3 is 0 Å². The van der Waals surface area contributed by atoms with Crippen LogP contribution in [0.5, 0.6) is 0 Å². The zero-order chi connectivity index (χ0) is 20.1. The molecule has 3 rings (SSSR count). The second kappa shape index (κ2) is 8.69. The van der Waals surface area contributed by atoms with E-state index in [0.717, 1.165) is 6.07 Å². The van der Waals surface area contributed by atoms with Gasteiger partial charge in [0.2, 0.25) is 11.5 Å². The number of aromatic nitrogens is 1. The summed E-state index contributed by atoms with van der Waals surface area (Å²) >= 11 is 12.0. The van der Waals surface area contributed by atoms with Crippen LogP contribution in [0.2, 0.25) is 10.0 Å². The van der Waals surface area contributed by atoms with Gasteiger partial charge in [-0.15, -0.1) is 0 Å². The van der Waals surface area contributed by atoms with Gasteiger partial charge < -0.3 is 10.3 Å². The number of rotatable bonds is 3. The maximum atomic E-state index is 13.4. The first-order chi connectivity index (χ1) is 13.4. The number of aliphatic imine (C=N–C) groups is 1. The third-order valence-corrected chi connectivity index (χ3v) is 3.87. The minimum Gasteiger partial charge on any atom is -0.326 e. The van der Waals surface area contributed by atoms with Crippen LogP contribution in [0.1, 0.15) is 10.4 Å². The van der Waals surface area contributed by atoms with Crippen molar-refractivity contribution < 1.29 is 9.18 Å². The Balaban J connectivity index is 1.93. The molecule has 6 nitrogen and oxygen atoms in total. The lowest BCUT2D eigenvalue weighted by molar-refractivity contribution is 0.0976. The molecule has 1 aromatic heterocycles. The highest BCUT2D eigenvalue weighted by Crippen LogP contribution is 2.22. The molecule has 1 heterocycles. The highest BCUT2D eigenvalue weighted by molar-refractivity contribution is 6.35. The van der Waals surface area contributed by atoms with E-state index in [2.05, 4.69) is 20.6 Å². The lowest BCUT2D eigenvalue weighted by Crippen LogP contribution is -2.36. The topological polar surface area (TPSA) is 86.3 Å². The number of halogens is 3. The van der Waals surface area contributed by atoms with Crippen LogP contribution in [-0.2, 0) is 0 Å². The van der Waals surface area contributed by atoms with E-state index < -0.39 is 11.7 Å². The van der Waals surface area contributed by atoms with E-state index in [9.17, 15) is 14.0 Å². The Morgan fingerprint density at radius 2 is 1.71 bits per heavy atom. The largest absolute Gasteiger partial charge is 0.326 e. The van der Waals surface area contributed by atoms with Crippen molar-refractivity contribution in [3.8, 4) is 0 Å². The first-order valence-electron chi connectivity index (χ1n) is 7.97. The number of carbonyl (C=O) groups excluding carboxylic acids is 1. The van der Waals surface area contributed by atoms with Gasteiger partial charge in [-0.1, -0.05) is 35.3 Å². The first kappa shape index (κ1) is 19.6. The van der Waals surface area contributed by atoms with E-state index in [1.165, 1.54) is 30.3 Å². The summed E-state index contributed by atoms with van der Waals surface area (Å²) in [7, 11) is 0. The maximum Gasteiger partial charge on any atom is 0.258 e. The smallest absolute Gasteiger partial charge is 0.258 e. The summed E-state index contributed by atoms with van der Waals surface area (Å²) in [5, 5.41) is 6.17. The zero-order valence-electron chi connectivity index (χ0n) is 14.2. The quantitative estimate of drug-likeness (QED) is 0.436. The average Bonchev–Trinajstić information content (AvgIpc) is 2.60. The number of pyridine rings is 1. The summed E-state index contributed by atoms with van der Waals surface area (Å²) in [4.78, 5) is 30.7. The fourth-order valence-electron chi connectivity index (χ4n) is 2.28. The molecular formula is C19H13Cl2FN4O2. The molecule has 0 spiro atoms. The van der Waals surface area contributed by atoms with Crippen molar-refractivity contribution in [2.75, 3.05) is 5.32 Å². The van der Waals surface area contributed by atoms with Gasteiger partial charge in [0.25, 0.3) is 5.91 Å². The molecule has 3 aromatic rings. The molecule has 0 bridgehead atoms. The Morgan fingerprint density at radius 1 is 1.00 bits per heavy atom. The SMILES string of the molecule is O=C(N/C(=N/c1cccc(=O)[nH]1)Nc1cc(Cl)cc(Cl)c1)c1cccc(F)c1. The molecule has 0 aliphatic heterocycles. The number of benzene rings is 2. The molecule has 0 aliphatic carbocycles. The number of guanidine groups is 1. The Hall–Kier alpha value is -3.16. The molecule has 3 N–H and O–H groups in total. The molecule has 0 saturated carbocycles. The highest BCUT2D eigenvalue weighted by atomic mass is 35.5. The van der Waals surface area contributed by atoms with Crippen LogP contribution in [0.25, 0.3) is 0 Å². The van der Waals surface area contributed by atoms with Crippen LogP contribution in [-0.4, -0.2) is 16.9 Å². The van der Waals surface area contributed by atoms with Gasteiger partial charge in [0.15, 0.2) is 0 Å². The normalized spacial score (nSPS) is 11.2. The van der Waals surface area contributed by atoms with Crippen molar-refractivity contribution in [2.45, 2.75) is 0 Å². The number of hydrogen-bond donors (Lipinski definition) is 3. The molecule has 142 valence electrons. The van der Waals surface area contributed by atoms with Gasteiger partial charge in [0.05, 0.1) is 0 Å². The summed E-state index contributed by atoms with van der Waals surface area (Å²) < 4.78 is 13.4. The van der Waals surface area contributed by atoms with Crippen LogP contribution in [0.15, 0.2) is 70.5 Å². The van der Waals surface area contributed by atoms with Gasteiger partial charge in [-0.2, -0.15) is 4.99 Å². The maximum absolute atomic E-state index is 13.4. The number of anilines is 1. The molecule has 2 aromatic carbocycles. The van der Waals surface area contributed by atoms with E-state index >= 15 is 0 Å². The molecule has 0 fully saturated rings. The highest BCUT2D eigenvalue weighted by Gasteiger charge is 2.11. The van der Waals surface area contributed by atoms with Crippen molar-refractivity contribution in [1.29, 1.82) is 0 Å². The summed E-state index contributed by atoms with van der Waals surface area (Å²) in [5.74, 6) is -0.970. The molecule has 0 radical (unpaired) electrons. The summed E-state index contributed by atoms with van der Waals surface area (Å²) in [5.41, 5.74) is 0.192. The minimum atomic E-state index is -0.600. The lowest BCUT2D eigenvalue weighted by atomic mass is 10.2. The van der Waals surface area contributed by atoms with Gasteiger partial charge in [0.1, 0.15) is 11.6 Å². The molecule has 0 atom stereocenters. The molecule has 0 unspecified atom stereocenters. The van der Waals surface area contributed by atoms with Crippen molar-refractivity contribution in [3.05, 3.63) is 92.4 Å². The summed E-state index contributed by atoms with van der Waals surface area (Å²) in [6, 6.07) is 14.3. The Bertz CT molecular complexity index is 1090. The van der Waals surface area contributed by atoms with Gasteiger partial charge in [-0.25, -0.2) is 4.39 Å². The van der Waals surface area contributed by atoms with Crippen molar-refractivity contribution in [3.63, 3.8) is 0 Å². The predicted molar refractivity (Wildman–Crippen MR) is 108 cm³/mol. The summed E-state index contributed by atoms with van der Waals surface area (Å²) in [6.45, 7) is 0. The second-order valence-electron chi connectivity index (χ2n) is 5.61. The van der Waals surface area contributed by atoms with E-state index in [1.807, 2.05) is 0 Å². The number of nitrogens with one attached hydrogen (secondary N) is 3. The number of H-pyrrole nitrogens is 1. The van der Waals surface area contributed by atoms with Crippen LogP contribution in [0, 0.1) is 5.82 Å². The van der Waals surface area contributed by atoms with Gasteiger partial charge in [-0.3, -0.25) is 14.9 Å².